The quantitative estimate of drug-likeness (QED) is 0.645. The Kier molecular flexibility index (Phi) is 4.88. The van der Waals surface area contributed by atoms with E-state index in [9.17, 15) is 0 Å². The average Bonchev–Trinajstić information content (AvgIpc) is 2.45. The van der Waals surface area contributed by atoms with Crippen LogP contribution in [-0.2, 0) is 0 Å². The van der Waals surface area contributed by atoms with Gasteiger partial charge in [-0.15, -0.1) is 0 Å². The zero-order valence-electron chi connectivity index (χ0n) is 12.2. The first-order chi connectivity index (χ1) is 9.66. The summed E-state index contributed by atoms with van der Waals surface area (Å²) in [6.45, 7) is 3.74. The van der Waals surface area contributed by atoms with Crippen LogP contribution in [0.1, 0.15) is 12.0 Å². The van der Waals surface area contributed by atoms with Gasteiger partial charge >= 0.3 is 0 Å². The average molecular weight is 270 g/mol. The van der Waals surface area contributed by atoms with Crippen molar-refractivity contribution in [1.82, 2.24) is 0 Å². The van der Waals surface area contributed by atoms with Crippen LogP contribution in [0.4, 0.5) is 11.4 Å². The van der Waals surface area contributed by atoms with E-state index in [1.165, 1.54) is 11.3 Å². The van der Waals surface area contributed by atoms with E-state index < -0.39 is 0 Å². The third-order valence-electron chi connectivity index (χ3n) is 3.26. The summed E-state index contributed by atoms with van der Waals surface area (Å²) >= 11 is 0. The summed E-state index contributed by atoms with van der Waals surface area (Å²) in [6.07, 6.45) is 0.957. The van der Waals surface area contributed by atoms with Crippen molar-refractivity contribution in [3.05, 3.63) is 54.1 Å². The highest BCUT2D eigenvalue weighted by Crippen LogP contribution is 2.20. The van der Waals surface area contributed by atoms with E-state index in [2.05, 4.69) is 43.1 Å². The third-order valence-corrected chi connectivity index (χ3v) is 3.26. The van der Waals surface area contributed by atoms with Crippen molar-refractivity contribution in [2.75, 3.05) is 30.8 Å². The molecule has 2 aromatic carbocycles. The summed E-state index contributed by atoms with van der Waals surface area (Å²) in [7, 11) is 2.10. The molecule has 0 aliphatic rings. The lowest BCUT2D eigenvalue weighted by atomic mass is 10.2. The topological polar surface area (TPSA) is 38.5 Å². The molecule has 0 aliphatic carbocycles. The molecule has 106 valence electrons. The number of benzene rings is 2. The van der Waals surface area contributed by atoms with Crippen LogP contribution in [0.25, 0.3) is 0 Å². The normalized spacial score (nSPS) is 10.3. The van der Waals surface area contributed by atoms with Crippen molar-refractivity contribution in [2.24, 2.45) is 0 Å². The molecule has 0 aromatic heterocycles. The molecule has 0 fully saturated rings. The lowest BCUT2D eigenvalue weighted by molar-refractivity contribution is 0.314. The molecule has 0 radical (unpaired) electrons. The Balaban J connectivity index is 1.77. The summed E-state index contributed by atoms with van der Waals surface area (Å²) in [5.74, 6) is 0.769. The Morgan fingerprint density at radius 3 is 2.65 bits per heavy atom. The fourth-order valence-corrected chi connectivity index (χ4v) is 2.09. The monoisotopic (exact) mass is 270 g/mol. The summed E-state index contributed by atoms with van der Waals surface area (Å²) < 4.78 is 5.70. The smallest absolute Gasteiger partial charge is 0.142 e. The van der Waals surface area contributed by atoms with Gasteiger partial charge in [0.1, 0.15) is 5.75 Å². The molecule has 0 spiro atoms. The minimum Gasteiger partial charge on any atom is -0.491 e. The predicted molar refractivity (Wildman–Crippen MR) is 85.4 cm³/mol. The Bertz CT molecular complexity index is 554. The van der Waals surface area contributed by atoms with E-state index in [4.69, 9.17) is 10.5 Å². The summed E-state index contributed by atoms with van der Waals surface area (Å²) in [6, 6.07) is 16.1. The molecule has 0 unspecified atom stereocenters. The molecule has 0 aliphatic heterocycles. The summed E-state index contributed by atoms with van der Waals surface area (Å²) in [5.41, 5.74) is 9.05. The van der Waals surface area contributed by atoms with Crippen molar-refractivity contribution in [3.63, 3.8) is 0 Å². The van der Waals surface area contributed by atoms with Gasteiger partial charge in [0, 0.05) is 19.3 Å². The molecule has 3 heteroatoms. The lowest BCUT2D eigenvalue weighted by Crippen LogP contribution is -2.20. The predicted octanol–water partition coefficient (Wildman–Crippen LogP) is 3.48. The lowest BCUT2D eigenvalue weighted by Gasteiger charge is -2.20. The van der Waals surface area contributed by atoms with E-state index in [0.29, 0.717) is 12.3 Å². The van der Waals surface area contributed by atoms with Crippen LogP contribution in [0.15, 0.2) is 48.5 Å². The molecule has 0 atom stereocenters. The number of para-hydroxylation sites is 2. The van der Waals surface area contributed by atoms with Crippen molar-refractivity contribution >= 4 is 11.4 Å². The van der Waals surface area contributed by atoms with Gasteiger partial charge in [-0.25, -0.2) is 0 Å². The largest absolute Gasteiger partial charge is 0.491 e. The molecule has 3 nitrogen and oxygen atoms in total. The molecule has 0 saturated carbocycles. The second kappa shape index (κ2) is 6.85. The van der Waals surface area contributed by atoms with Gasteiger partial charge in [0.15, 0.2) is 0 Å². The van der Waals surface area contributed by atoms with Gasteiger partial charge in [0.05, 0.1) is 12.3 Å². The Morgan fingerprint density at radius 2 is 1.90 bits per heavy atom. The standard InChI is InChI=1S/C17H22N2O/c1-14-7-5-8-15(13-14)19(2)11-6-12-20-17-10-4-3-9-16(17)18/h3-5,7-10,13H,6,11-12,18H2,1-2H3. The Morgan fingerprint density at radius 1 is 1.10 bits per heavy atom. The second-order valence-corrected chi connectivity index (χ2v) is 5.00. The maximum Gasteiger partial charge on any atom is 0.142 e. The van der Waals surface area contributed by atoms with Crippen LogP contribution in [0.5, 0.6) is 5.75 Å². The van der Waals surface area contributed by atoms with Crippen LogP contribution < -0.4 is 15.4 Å². The first kappa shape index (κ1) is 14.3. The zero-order valence-corrected chi connectivity index (χ0v) is 12.2. The minimum absolute atomic E-state index is 0.671. The first-order valence-corrected chi connectivity index (χ1v) is 6.92. The maximum atomic E-state index is 5.83. The maximum absolute atomic E-state index is 5.83. The molecule has 0 saturated heterocycles. The van der Waals surface area contributed by atoms with Crippen molar-refractivity contribution in [2.45, 2.75) is 13.3 Å². The number of rotatable bonds is 6. The second-order valence-electron chi connectivity index (χ2n) is 5.00. The van der Waals surface area contributed by atoms with E-state index in [1.807, 2.05) is 24.3 Å². The highest BCUT2D eigenvalue weighted by molar-refractivity contribution is 5.51. The van der Waals surface area contributed by atoms with Gasteiger partial charge in [-0.3, -0.25) is 0 Å². The first-order valence-electron chi connectivity index (χ1n) is 6.92. The van der Waals surface area contributed by atoms with E-state index in [-0.39, 0.29) is 0 Å². The molecule has 2 aromatic rings. The molecular formula is C17H22N2O. The van der Waals surface area contributed by atoms with Gasteiger partial charge in [0.25, 0.3) is 0 Å². The van der Waals surface area contributed by atoms with E-state index in [1.54, 1.807) is 0 Å². The van der Waals surface area contributed by atoms with Crippen LogP contribution in [0, 0.1) is 6.92 Å². The van der Waals surface area contributed by atoms with Crippen LogP contribution in [-0.4, -0.2) is 20.2 Å². The summed E-state index contributed by atoms with van der Waals surface area (Å²) in [4.78, 5) is 2.24. The van der Waals surface area contributed by atoms with Crippen LogP contribution >= 0.6 is 0 Å². The third kappa shape index (κ3) is 3.92. The molecule has 2 N–H and O–H groups in total. The number of nitrogens with two attached hydrogens (primary N) is 1. The zero-order chi connectivity index (χ0) is 14.4. The molecule has 2 rings (SSSR count). The number of aryl methyl sites for hydroxylation is 1. The number of hydrogen-bond acceptors (Lipinski definition) is 3. The molecule has 0 heterocycles. The number of nitrogen functional groups attached to an aromatic ring is 1. The molecule has 0 amide bonds. The number of ether oxygens (including phenoxy) is 1. The Labute approximate surface area is 121 Å². The molecular weight excluding hydrogens is 248 g/mol. The Hall–Kier alpha value is -2.16. The fraction of sp³-hybridized carbons (Fsp3) is 0.294. The van der Waals surface area contributed by atoms with Gasteiger partial charge in [-0.2, -0.15) is 0 Å². The van der Waals surface area contributed by atoms with Crippen molar-refractivity contribution in [1.29, 1.82) is 0 Å². The number of anilines is 2. The van der Waals surface area contributed by atoms with Crippen molar-refractivity contribution < 1.29 is 4.74 Å². The minimum atomic E-state index is 0.671. The fourth-order valence-electron chi connectivity index (χ4n) is 2.09. The summed E-state index contributed by atoms with van der Waals surface area (Å²) in [5, 5.41) is 0. The van der Waals surface area contributed by atoms with Gasteiger partial charge < -0.3 is 15.4 Å². The van der Waals surface area contributed by atoms with Crippen molar-refractivity contribution in [3.8, 4) is 5.75 Å². The SMILES string of the molecule is Cc1cccc(N(C)CCCOc2ccccc2N)c1. The number of nitrogens with zero attached hydrogens (tertiary/aromatic N) is 1. The highest BCUT2D eigenvalue weighted by Gasteiger charge is 2.02. The van der Waals surface area contributed by atoms with Crippen LogP contribution in [0.2, 0.25) is 0 Å². The van der Waals surface area contributed by atoms with Gasteiger partial charge in [-0.05, 0) is 43.2 Å². The highest BCUT2D eigenvalue weighted by atomic mass is 16.5. The molecule has 20 heavy (non-hydrogen) atoms. The van der Waals surface area contributed by atoms with E-state index >= 15 is 0 Å². The van der Waals surface area contributed by atoms with Crippen LogP contribution in [0.3, 0.4) is 0 Å². The number of hydrogen-bond donors (Lipinski definition) is 1. The molecule has 0 bridgehead atoms. The van der Waals surface area contributed by atoms with Gasteiger partial charge in [0.2, 0.25) is 0 Å². The van der Waals surface area contributed by atoms with E-state index in [0.717, 1.165) is 18.7 Å². The van der Waals surface area contributed by atoms with Gasteiger partial charge in [-0.1, -0.05) is 24.3 Å².